The number of anilines is 8. The van der Waals surface area contributed by atoms with Gasteiger partial charge in [0.2, 0.25) is 0 Å². The van der Waals surface area contributed by atoms with Crippen molar-refractivity contribution in [2.75, 3.05) is 0 Å². The molecular formula is C15H11N19+4. The minimum Gasteiger partial charge on any atom is -0.224 e. The van der Waals surface area contributed by atoms with Crippen molar-refractivity contribution in [3.05, 3.63) is 44.3 Å². The zero-order valence-corrected chi connectivity index (χ0v) is 16.7. The molecule has 0 aliphatic rings. The van der Waals surface area contributed by atoms with Gasteiger partial charge in [-0.25, -0.2) is 9.97 Å². The normalized spacial score (nSPS) is 10.8. The lowest BCUT2D eigenvalue weighted by Gasteiger charge is -1.93. The number of rotatable bonds is 8. The summed E-state index contributed by atoms with van der Waals surface area (Å²) in [4.78, 5) is 60.1. The zero-order chi connectivity index (χ0) is 23.0. The van der Waals surface area contributed by atoms with Gasteiger partial charge in [0, 0.05) is 0 Å². The molecule has 5 aromatic heterocycles. The van der Waals surface area contributed by atoms with E-state index in [9.17, 15) is 0 Å². The van der Waals surface area contributed by atoms with E-state index in [0.717, 1.165) is 0 Å². The van der Waals surface area contributed by atoms with Crippen LogP contribution in [0.5, 0.6) is 0 Å². The fourth-order valence-electron chi connectivity index (χ4n) is 2.26. The second kappa shape index (κ2) is 10.0. The molecule has 0 saturated carbocycles. The van der Waals surface area contributed by atoms with Crippen molar-refractivity contribution in [1.29, 1.82) is 0 Å². The van der Waals surface area contributed by atoms with Gasteiger partial charge in [-0.05, 0) is 21.3 Å². The Morgan fingerprint density at radius 2 is 0.529 bits per heavy atom. The van der Waals surface area contributed by atoms with Gasteiger partial charge in [-0.1, -0.05) is 15.0 Å². The number of hydrogen-bond acceptors (Lipinski definition) is 19. The van der Waals surface area contributed by atoms with Crippen molar-refractivity contribution in [2.24, 2.45) is 0 Å². The molecule has 5 rings (SSSR count). The second-order valence-electron chi connectivity index (χ2n) is 5.82. The van der Waals surface area contributed by atoms with E-state index < -0.39 is 0 Å². The zero-order valence-electron chi connectivity index (χ0n) is 16.7. The summed E-state index contributed by atoms with van der Waals surface area (Å²) < 4.78 is 0. The summed E-state index contributed by atoms with van der Waals surface area (Å²) >= 11 is 0. The molecule has 0 amide bonds. The van der Waals surface area contributed by atoms with Crippen LogP contribution < -0.4 is 21.3 Å². The standard InChI is InChI=1S/C15H11N19/c1-16-2-19-8(18-1)28-10-22-5-24-12(30-10)32-14-26-7-27-15(34-14)33-13-25-6-23-11(31-13)29-9-20-3-17-4-21-9/h1-7,28-29,32-33H/q+4. The van der Waals surface area contributed by atoms with Gasteiger partial charge in [0.15, 0.2) is 0 Å². The SMILES string of the molecule is c1ncnc([NH+]c2ncnc([NH+]c3ncnc([NH+]c4ncnc([NH+]c5ncncn5)n4)n3)n2)n1. The van der Waals surface area contributed by atoms with Crippen LogP contribution in [0, 0.1) is 0 Å². The lowest BCUT2D eigenvalue weighted by Crippen LogP contribution is -2.78. The van der Waals surface area contributed by atoms with Crippen molar-refractivity contribution >= 4 is 47.6 Å². The molecule has 162 valence electrons. The van der Waals surface area contributed by atoms with E-state index in [1.54, 1.807) is 0 Å². The van der Waals surface area contributed by atoms with Crippen molar-refractivity contribution < 1.29 is 21.3 Å². The molecule has 0 spiro atoms. The lowest BCUT2D eigenvalue weighted by atomic mass is 10.7. The van der Waals surface area contributed by atoms with Gasteiger partial charge >= 0.3 is 47.6 Å². The second-order valence-corrected chi connectivity index (χ2v) is 5.82. The van der Waals surface area contributed by atoms with Crippen molar-refractivity contribution in [2.45, 2.75) is 0 Å². The molecular weight excluding hydrogens is 446 g/mol. The van der Waals surface area contributed by atoms with Crippen molar-refractivity contribution in [3.63, 3.8) is 0 Å². The van der Waals surface area contributed by atoms with Gasteiger partial charge in [-0.2, -0.15) is 49.8 Å². The largest absolute Gasteiger partial charge is 0.393 e. The molecule has 34 heavy (non-hydrogen) atoms. The van der Waals surface area contributed by atoms with Crippen LogP contribution in [0.15, 0.2) is 44.3 Å². The highest BCUT2D eigenvalue weighted by Crippen LogP contribution is 1.98. The smallest absolute Gasteiger partial charge is 0.224 e. The first-order valence-corrected chi connectivity index (χ1v) is 9.19. The Bertz CT molecular complexity index is 1260. The molecule has 0 unspecified atom stereocenters. The molecule has 0 aliphatic heterocycles. The van der Waals surface area contributed by atoms with E-state index in [4.69, 9.17) is 0 Å². The van der Waals surface area contributed by atoms with Crippen LogP contribution in [0.4, 0.5) is 47.6 Å². The average Bonchev–Trinajstić information content (AvgIpc) is 2.86. The quantitative estimate of drug-likeness (QED) is 0.169. The third-order valence-electron chi connectivity index (χ3n) is 3.60. The molecule has 5 heterocycles. The Balaban J connectivity index is 1.26. The van der Waals surface area contributed by atoms with Crippen molar-refractivity contribution in [1.82, 2.24) is 74.8 Å². The van der Waals surface area contributed by atoms with E-state index in [0.29, 0.717) is 0 Å². The van der Waals surface area contributed by atoms with Crippen LogP contribution >= 0.6 is 0 Å². The topological polar surface area (TPSA) is 256 Å². The summed E-state index contributed by atoms with van der Waals surface area (Å²) in [5.74, 6) is 1.64. The van der Waals surface area contributed by atoms with Crippen LogP contribution in [0.1, 0.15) is 0 Å². The summed E-state index contributed by atoms with van der Waals surface area (Å²) in [7, 11) is 0. The van der Waals surface area contributed by atoms with Gasteiger partial charge in [-0.3, -0.25) is 0 Å². The number of aromatic nitrogens is 15. The van der Waals surface area contributed by atoms with Gasteiger partial charge in [0.1, 0.15) is 44.3 Å². The fourth-order valence-corrected chi connectivity index (χ4v) is 2.26. The summed E-state index contributed by atoms with van der Waals surface area (Å²) in [6.45, 7) is 0. The summed E-state index contributed by atoms with van der Waals surface area (Å²) in [6.07, 6.45) is 9.24. The monoisotopic (exact) mass is 457 g/mol. The Labute approximate surface area is 188 Å². The summed E-state index contributed by atoms with van der Waals surface area (Å²) in [5.41, 5.74) is 0. The predicted octanol–water partition coefficient (Wildman–Crippen LogP) is -6.14. The highest BCUT2D eigenvalue weighted by molar-refractivity contribution is 5.19. The maximum absolute atomic E-state index is 4.24. The molecule has 19 heteroatoms. The maximum atomic E-state index is 4.24. The Kier molecular flexibility index (Phi) is 6.11. The predicted molar refractivity (Wildman–Crippen MR) is 100 cm³/mol. The van der Waals surface area contributed by atoms with Crippen LogP contribution in [-0.2, 0) is 0 Å². The van der Waals surface area contributed by atoms with Gasteiger partial charge in [0.05, 0.1) is 0 Å². The summed E-state index contributed by atoms with van der Waals surface area (Å²) in [5, 5.41) is 11.4. The fraction of sp³-hybridized carbons (Fsp3) is 0. The highest BCUT2D eigenvalue weighted by atomic mass is 15.3. The molecule has 19 nitrogen and oxygen atoms in total. The van der Waals surface area contributed by atoms with E-state index in [2.05, 4.69) is 96.0 Å². The first kappa shape index (κ1) is 20.8. The first-order valence-electron chi connectivity index (χ1n) is 9.19. The third-order valence-corrected chi connectivity index (χ3v) is 3.60. The molecule has 0 atom stereocenters. The Hall–Kier alpha value is -5.11. The maximum Gasteiger partial charge on any atom is 0.393 e. The van der Waals surface area contributed by atoms with Gasteiger partial charge in [-0.15, -0.1) is 0 Å². The highest BCUT2D eigenvalue weighted by Gasteiger charge is 2.23. The molecule has 0 aliphatic carbocycles. The van der Waals surface area contributed by atoms with E-state index in [1.165, 1.54) is 44.3 Å². The van der Waals surface area contributed by atoms with E-state index >= 15 is 0 Å². The van der Waals surface area contributed by atoms with Crippen molar-refractivity contribution in [3.8, 4) is 0 Å². The minimum atomic E-state index is 0.160. The first-order chi connectivity index (χ1) is 16.8. The third kappa shape index (κ3) is 5.57. The van der Waals surface area contributed by atoms with Crippen LogP contribution in [0.2, 0.25) is 0 Å². The number of nitrogens with zero attached hydrogens (tertiary/aromatic N) is 15. The van der Waals surface area contributed by atoms with Crippen LogP contribution in [0.3, 0.4) is 0 Å². The number of nitrogens with one attached hydrogen (secondary N) is 4. The molecule has 4 N–H and O–H groups in total. The van der Waals surface area contributed by atoms with Gasteiger partial charge < -0.3 is 0 Å². The summed E-state index contributed by atoms with van der Waals surface area (Å²) in [6, 6.07) is 0. The molecule has 0 saturated heterocycles. The average molecular weight is 457 g/mol. The minimum absolute atomic E-state index is 0.160. The molecule has 0 aromatic carbocycles. The lowest BCUT2D eigenvalue weighted by molar-refractivity contribution is -0.516. The Morgan fingerprint density at radius 1 is 0.294 bits per heavy atom. The molecule has 5 aromatic rings. The van der Waals surface area contributed by atoms with E-state index in [1.807, 2.05) is 0 Å². The molecule has 0 bridgehead atoms. The van der Waals surface area contributed by atoms with E-state index in [-0.39, 0.29) is 47.6 Å². The Morgan fingerprint density at radius 3 is 0.824 bits per heavy atom. The molecule has 4 radical (unpaired) electrons. The van der Waals surface area contributed by atoms with Crippen LogP contribution in [-0.4, -0.2) is 74.8 Å². The molecule has 0 fully saturated rings. The van der Waals surface area contributed by atoms with Crippen LogP contribution in [0.25, 0.3) is 0 Å². The van der Waals surface area contributed by atoms with Gasteiger partial charge in [0.25, 0.3) is 0 Å². The number of hydrogen-bond donors (Lipinski definition) is 4.